The van der Waals surface area contributed by atoms with Crippen LogP contribution in [0.1, 0.15) is 10.4 Å². The smallest absolute Gasteiger partial charge is 0.360 e. The molecule has 2 fully saturated rings. The predicted molar refractivity (Wildman–Crippen MR) is 103 cm³/mol. The zero-order valence-electron chi connectivity index (χ0n) is 15.3. The monoisotopic (exact) mass is 404 g/mol. The molecule has 2 saturated heterocycles. The van der Waals surface area contributed by atoms with Gasteiger partial charge in [-0.2, -0.15) is 0 Å². The molecule has 0 N–H and O–H groups in total. The highest BCUT2D eigenvalue weighted by Gasteiger charge is 2.24. The second kappa shape index (κ2) is 8.83. The molecular formula is C19H21ClN4O4. The van der Waals surface area contributed by atoms with Crippen molar-refractivity contribution in [3.8, 4) is 11.3 Å². The first-order valence-corrected chi connectivity index (χ1v) is 9.60. The van der Waals surface area contributed by atoms with Gasteiger partial charge in [-0.05, 0) is 6.07 Å². The summed E-state index contributed by atoms with van der Waals surface area (Å²) in [6.45, 7) is 4.73. The summed E-state index contributed by atoms with van der Waals surface area (Å²) >= 11 is 6.39. The summed E-state index contributed by atoms with van der Waals surface area (Å²) in [5.74, 6) is 0.0338. The van der Waals surface area contributed by atoms with Crippen LogP contribution >= 0.6 is 11.6 Å². The number of halogens is 1. The van der Waals surface area contributed by atoms with E-state index in [4.69, 9.17) is 25.9 Å². The first-order valence-electron chi connectivity index (χ1n) is 9.22. The summed E-state index contributed by atoms with van der Waals surface area (Å²) in [5.41, 5.74) is 1.40. The van der Waals surface area contributed by atoms with Gasteiger partial charge in [-0.25, -0.2) is 14.8 Å². The Balaban J connectivity index is 1.68. The number of rotatable bonds is 4. The van der Waals surface area contributed by atoms with Gasteiger partial charge < -0.3 is 19.2 Å². The number of benzene rings is 1. The molecule has 4 rings (SSSR count). The third-order valence-electron chi connectivity index (χ3n) is 4.60. The van der Waals surface area contributed by atoms with E-state index in [2.05, 4.69) is 9.97 Å². The van der Waals surface area contributed by atoms with Gasteiger partial charge >= 0.3 is 5.97 Å². The van der Waals surface area contributed by atoms with Crippen molar-refractivity contribution in [3.05, 3.63) is 41.0 Å². The average molecular weight is 405 g/mol. The predicted octanol–water partition coefficient (Wildman–Crippen LogP) is 2.04. The largest absolute Gasteiger partial charge is 0.379 e. The Hall–Kier alpha value is -2.26. The summed E-state index contributed by atoms with van der Waals surface area (Å²) in [7, 11) is 0. The second-order valence-corrected chi connectivity index (χ2v) is 6.84. The first kappa shape index (κ1) is 19.1. The Bertz CT molecular complexity index is 838. The lowest BCUT2D eigenvalue weighted by Crippen LogP contribution is -2.38. The molecule has 2 aliphatic heterocycles. The van der Waals surface area contributed by atoms with Gasteiger partial charge in [-0.3, -0.25) is 0 Å². The van der Waals surface area contributed by atoms with Crippen molar-refractivity contribution in [2.75, 3.05) is 57.5 Å². The maximum absolute atomic E-state index is 12.8. The summed E-state index contributed by atoms with van der Waals surface area (Å²) < 4.78 is 10.7. The Kier molecular flexibility index (Phi) is 6.01. The van der Waals surface area contributed by atoms with Gasteiger partial charge in [0.1, 0.15) is 5.56 Å². The number of carbonyl (C=O) groups is 1. The molecule has 148 valence electrons. The van der Waals surface area contributed by atoms with E-state index >= 15 is 0 Å². The number of nitrogens with zero attached hydrogens (tertiary/aromatic N) is 4. The van der Waals surface area contributed by atoms with Crippen LogP contribution in [0.15, 0.2) is 30.5 Å². The maximum Gasteiger partial charge on any atom is 0.360 e. The van der Waals surface area contributed by atoms with Crippen molar-refractivity contribution >= 4 is 23.5 Å². The van der Waals surface area contributed by atoms with Gasteiger partial charge in [0.15, 0.2) is 0 Å². The molecule has 8 nitrogen and oxygen atoms in total. The zero-order valence-corrected chi connectivity index (χ0v) is 16.1. The summed E-state index contributed by atoms with van der Waals surface area (Å²) in [5, 5.41) is 2.10. The number of morpholine rings is 2. The van der Waals surface area contributed by atoms with Crippen LogP contribution in [0.5, 0.6) is 0 Å². The quantitative estimate of drug-likeness (QED) is 0.766. The number of hydroxylamine groups is 2. The van der Waals surface area contributed by atoms with Crippen LogP contribution in [0.3, 0.4) is 0 Å². The van der Waals surface area contributed by atoms with E-state index in [1.165, 1.54) is 6.20 Å². The molecule has 2 aliphatic rings. The molecule has 2 aromatic rings. The third kappa shape index (κ3) is 4.25. The lowest BCUT2D eigenvalue weighted by atomic mass is 10.1. The minimum Gasteiger partial charge on any atom is -0.379 e. The Labute approximate surface area is 167 Å². The van der Waals surface area contributed by atoms with E-state index in [1.807, 2.05) is 23.1 Å². The Morgan fingerprint density at radius 1 is 1.04 bits per heavy atom. The molecule has 0 amide bonds. The molecule has 0 saturated carbocycles. The van der Waals surface area contributed by atoms with Crippen molar-refractivity contribution in [2.24, 2.45) is 0 Å². The molecule has 0 atom stereocenters. The highest BCUT2D eigenvalue weighted by atomic mass is 35.5. The number of aromatic nitrogens is 2. The Morgan fingerprint density at radius 3 is 2.43 bits per heavy atom. The van der Waals surface area contributed by atoms with Crippen LogP contribution in [0, 0.1) is 0 Å². The second-order valence-electron chi connectivity index (χ2n) is 6.43. The van der Waals surface area contributed by atoms with E-state index in [1.54, 1.807) is 11.1 Å². The van der Waals surface area contributed by atoms with Gasteiger partial charge in [-0.1, -0.05) is 29.8 Å². The van der Waals surface area contributed by atoms with E-state index < -0.39 is 5.97 Å². The van der Waals surface area contributed by atoms with Gasteiger partial charge in [0.05, 0.1) is 45.2 Å². The molecule has 0 unspecified atom stereocenters. The number of hydrogen-bond donors (Lipinski definition) is 0. The molecule has 0 aliphatic carbocycles. The van der Waals surface area contributed by atoms with Crippen molar-refractivity contribution in [3.63, 3.8) is 0 Å². The van der Waals surface area contributed by atoms with E-state index in [9.17, 15) is 4.79 Å². The van der Waals surface area contributed by atoms with Crippen molar-refractivity contribution in [1.29, 1.82) is 0 Å². The van der Waals surface area contributed by atoms with E-state index in [0.29, 0.717) is 74.8 Å². The van der Waals surface area contributed by atoms with Gasteiger partial charge in [0.25, 0.3) is 0 Å². The van der Waals surface area contributed by atoms with Gasteiger partial charge in [-0.15, -0.1) is 5.06 Å². The number of hydrogen-bond acceptors (Lipinski definition) is 8. The molecular weight excluding hydrogens is 384 g/mol. The maximum atomic E-state index is 12.8. The normalized spacial score (nSPS) is 18.1. The molecule has 28 heavy (non-hydrogen) atoms. The topological polar surface area (TPSA) is 77.0 Å². The van der Waals surface area contributed by atoms with Gasteiger partial charge in [0.2, 0.25) is 5.95 Å². The van der Waals surface area contributed by atoms with Crippen molar-refractivity contribution < 1.29 is 19.1 Å². The zero-order chi connectivity index (χ0) is 19.3. The van der Waals surface area contributed by atoms with Crippen LogP contribution in [0.2, 0.25) is 5.02 Å². The number of carbonyl (C=O) groups excluding carboxylic acids is 1. The lowest BCUT2D eigenvalue weighted by Gasteiger charge is -2.28. The van der Waals surface area contributed by atoms with Crippen LogP contribution in [0.25, 0.3) is 11.3 Å². The van der Waals surface area contributed by atoms with Crippen LogP contribution in [-0.4, -0.2) is 73.6 Å². The summed E-state index contributed by atoms with van der Waals surface area (Å²) in [6.07, 6.45) is 1.51. The first-order chi connectivity index (χ1) is 13.7. The van der Waals surface area contributed by atoms with E-state index in [-0.39, 0.29) is 5.56 Å². The summed E-state index contributed by atoms with van der Waals surface area (Å²) in [6, 6.07) is 7.29. The minimum atomic E-state index is -0.509. The number of ether oxygens (including phenoxy) is 2. The van der Waals surface area contributed by atoms with Crippen molar-refractivity contribution in [2.45, 2.75) is 0 Å². The highest BCUT2D eigenvalue weighted by Crippen LogP contribution is 2.30. The minimum absolute atomic E-state index is 0.275. The van der Waals surface area contributed by atoms with Gasteiger partial charge in [0, 0.05) is 29.9 Å². The Morgan fingerprint density at radius 2 is 1.71 bits per heavy atom. The van der Waals surface area contributed by atoms with E-state index in [0.717, 1.165) is 0 Å². The molecule has 9 heteroatoms. The average Bonchev–Trinajstić information content (AvgIpc) is 2.75. The van der Waals surface area contributed by atoms with Crippen LogP contribution in [-0.2, 0) is 14.3 Å². The van der Waals surface area contributed by atoms with Crippen LogP contribution < -0.4 is 4.90 Å². The molecule has 0 radical (unpaired) electrons. The SMILES string of the molecule is O=C(ON1CCOCC1)c1cnc(N2CCOCC2)nc1-c1ccccc1Cl. The fourth-order valence-corrected chi connectivity index (χ4v) is 3.33. The third-order valence-corrected chi connectivity index (χ3v) is 4.93. The summed E-state index contributed by atoms with van der Waals surface area (Å²) in [4.78, 5) is 29.5. The van der Waals surface area contributed by atoms with Crippen molar-refractivity contribution in [1.82, 2.24) is 15.0 Å². The fourth-order valence-electron chi connectivity index (χ4n) is 3.10. The number of anilines is 1. The molecule has 1 aromatic heterocycles. The lowest BCUT2D eigenvalue weighted by molar-refractivity contribution is -0.150. The highest BCUT2D eigenvalue weighted by molar-refractivity contribution is 6.33. The van der Waals surface area contributed by atoms with Crippen LogP contribution in [0.4, 0.5) is 5.95 Å². The molecule has 3 heterocycles. The molecule has 0 spiro atoms. The standard InChI is InChI=1S/C19H21ClN4O4/c20-16-4-2-1-3-14(16)17-15(18(25)28-24-7-11-27-12-8-24)13-21-19(22-17)23-5-9-26-10-6-23/h1-4,13H,5-12H2. The molecule has 1 aromatic carbocycles. The molecule has 0 bridgehead atoms. The fraction of sp³-hybridized carbons (Fsp3) is 0.421.